The van der Waals surface area contributed by atoms with Gasteiger partial charge < -0.3 is 19.4 Å². The summed E-state index contributed by atoms with van der Waals surface area (Å²) in [4.78, 5) is 23.1. The average Bonchev–Trinajstić information content (AvgIpc) is 3.31. The lowest BCUT2D eigenvalue weighted by atomic mass is 9.99. The number of aryl methyl sites for hydroxylation is 2. The van der Waals surface area contributed by atoms with Crippen LogP contribution in [0.5, 0.6) is 0 Å². The Bertz CT molecular complexity index is 720. The largest absolute Gasteiger partial charge is 0.338 e. The highest BCUT2D eigenvalue weighted by Crippen LogP contribution is 2.25. The van der Waals surface area contributed by atoms with Crippen LogP contribution in [0, 0.1) is 5.92 Å². The second-order valence-electron chi connectivity index (χ2n) is 6.91. The van der Waals surface area contributed by atoms with Crippen LogP contribution in [-0.2, 0) is 20.0 Å². The fourth-order valence-corrected chi connectivity index (χ4v) is 3.87. The van der Waals surface area contributed by atoms with E-state index in [0.29, 0.717) is 11.8 Å². The highest BCUT2D eigenvalue weighted by molar-refractivity contribution is 5.74. The number of aromatic nitrogens is 4. The van der Waals surface area contributed by atoms with Crippen LogP contribution in [0.3, 0.4) is 0 Å². The average molecular weight is 328 g/mol. The third kappa shape index (κ3) is 2.90. The SMILES string of the molecule is Cn1ccnc1C1CCN(C(=O)NCC2CCc3nccn3C2)C1. The highest BCUT2D eigenvalue weighted by Gasteiger charge is 2.30. The van der Waals surface area contributed by atoms with Crippen LogP contribution in [0.2, 0.25) is 0 Å². The highest BCUT2D eigenvalue weighted by atomic mass is 16.2. The van der Waals surface area contributed by atoms with Crippen molar-refractivity contribution >= 4 is 6.03 Å². The smallest absolute Gasteiger partial charge is 0.317 e. The van der Waals surface area contributed by atoms with Gasteiger partial charge in [-0.1, -0.05) is 0 Å². The van der Waals surface area contributed by atoms with E-state index < -0.39 is 0 Å². The Morgan fingerprint density at radius 3 is 2.96 bits per heavy atom. The zero-order chi connectivity index (χ0) is 16.5. The summed E-state index contributed by atoms with van der Waals surface area (Å²) in [6, 6.07) is 0.0585. The molecule has 24 heavy (non-hydrogen) atoms. The zero-order valence-corrected chi connectivity index (χ0v) is 14.1. The molecule has 4 heterocycles. The molecule has 0 aliphatic carbocycles. The van der Waals surface area contributed by atoms with Gasteiger partial charge in [-0.15, -0.1) is 0 Å². The molecule has 0 bridgehead atoms. The van der Waals surface area contributed by atoms with Crippen LogP contribution in [0.25, 0.3) is 0 Å². The van der Waals surface area contributed by atoms with Crippen LogP contribution >= 0.6 is 0 Å². The van der Waals surface area contributed by atoms with Crippen molar-refractivity contribution in [2.45, 2.75) is 31.7 Å². The Balaban J connectivity index is 1.28. The molecule has 7 heteroatoms. The van der Waals surface area contributed by atoms with Crippen molar-refractivity contribution in [2.75, 3.05) is 19.6 Å². The van der Waals surface area contributed by atoms with E-state index in [1.165, 1.54) is 0 Å². The van der Waals surface area contributed by atoms with Crippen molar-refractivity contribution in [1.29, 1.82) is 0 Å². The van der Waals surface area contributed by atoms with Crippen LogP contribution in [0.15, 0.2) is 24.8 Å². The number of amides is 2. The Hall–Kier alpha value is -2.31. The van der Waals surface area contributed by atoms with Crippen molar-refractivity contribution in [3.05, 3.63) is 36.4 Å². The normalized spacial score (nSPS) is 23.3. The number of rotatable bonds is 3. The number of carbonyl (C=O) groups excluding carboxylic acids is 1. The first-order valence-corrected chi connectivity index (χ1v) is 8.70. The van der Waals surface area contributed by atoms with Crippen LogP contribution in [-0.4, -0.2) is 49.7 Å². The second kappa shape index (κ2) is 6.30. The van der Waals surface area contributed by atoms with E-state index in [2.05, 4.69) is 24.4 Å². The summed E-state index contributed by atoms with van der Waals surface area (Å²) in [7, 11) is 2.01. The molecule has 2 atom stereocenters. The van der Waals surface area contributed by atoms with Crippen LogP contribution in [0.4, 0.5) is 4.79 Å². The van der Waals surface area contributed by atoms with Gasteiger partial charge >= 0.3 is 6.03 Å². The monoisotopic (exact) mass is 328 g/mol. The van der Waals surface area contributed by atoms with Gasteiger partial charge in [-0.2, -0.15) is 0 Å². The lowest BCUT2D eigenvalue weighted by Gasteiger charge is -2.25. The Morgan fingerprint density at radius 1 is 1.25 bits per heavy atom. The fourth-order valence-electron chi connectivity index (χ4n) is 3.87. The number of likely N-dealkylation sites (tertiary alicyclic amines) is 1. The van der Waals surface area contributed by atoms with E-state index in [-0.39, 0.29) is 6.03 Å². The number of urea groups is 1. The molecule has 1 fully saturated rings. The quantitative estimate of drug-likeness (QED) is 0.925. The molecule has 2 aromatic heterocycles. The number of carbonyl (C=O) groups is 1. The molecular formula is C17H24N6O. The summed E-state index contributed by atoms with van der Waals surface area (Å²) >= 11 is 0. The number of hydrogen-bond donors (Lipinski definition) is 1. The lowest BCUT2D eigenvalue weighted by molar-refractivity contribution is 0.204. The molecule has 1 N–H and O–H groups in total. The molecule has 0 radical (unpaired) electrons. The van der Waals surface area contributed by atoms with Gasteiger partial charge in [0.25, 0.3) is 0 Å². The third-order valence-corrected chi connectivity index (χ3v) is 5.27. The Labute approximate surface area is 141 Å². The molecule has 7 nitrogen and oxygen atoms in total. The summed E-state index contributed by atoms with van der Waals surface area (Å²) in [6.07, 6.45) is 10.8. The first kappa shape index (κ1) is 15.2. The van der Waals surface area contributed by atoms with Gasteiger partial charge in [0.15, 0.2) is 0 Å². The van der Waals surface area contributed by atoms with Gasteiger partial charge in [0.1, 0.15) is 11.6 Å². The van der Waals surface area contributed by atoms with Gasteiger partial charge in [-0.3, -0.25) is 0 Å². The number of nitrogens with zero attached hydrogens (tertiary/aromatic N) is 5. The van der Waals surface area contributed by atoms with Gasteiger partial charge in [0.2, 0.25) is 0 Å². The maximum Gasteiger partial charge on any atom is 0.317 e. The van der Waals surface area contributed by atoms with E-state index in [9.17, 15) is 4.79 Å². The summed E-state index contributed by atoms with van der Waals surface area (Å²) < 4.78 is 4.25. The lowest BCUT2D eigenvalue weighted by Crippen LogP contribution is -2.41. The summed E-state index contributed by atoms with van der Waals surface area (Å²) in [5.41, 5.74) is 0. The molecule has 0 aromatic carbocycles. The van der Waals surface area contributed by atoms with Crippen LogP contribution < -0.4 is 5.32 Å². The van der Waals surface area contributed by atoms with Crippen molar-refractivity contribution in [3.8, 4) is 0 Å². The van der Waals surface area contributed by atoms with Crippen LogP contribution in [0.1, 0.15) is 30.4 Å². The summed E-state index contributed by atoms with van der Waals surface area (Å²) in [5.74, 6) is 3.07. The number of fused-ring (bicyclic) bond motifs is 1. The Morgan fingerprint density at radius 2 is 2.12 bits per heavy atom. The molecule has 2 amide bonds. The van der Waals surface area contributed by atoms with Gasteiger partial charge in [0.05, 0.1) is 0 Å². The molecule has 2 aromatic rings. The maximum absolute atomic E-state index is 12.5. The van der Waals surface area contributed by atoms with Gasteiger partial charge in [-0.05, 0) is 18.8 Å². The summed E-state index contributed by atoms with van der Waals surface area (Å²) in [6.45, 7) is 3.25. The van der Waals surface area contributed by atoms with E-state index in [1.807, 2.05) is 36.7 Å². The van der Waals surface area contributed by atoms with E-state index in [0.717, 1.165) is 57.1 Å². The molecule has 0 spiro atoms. The molecule has 128 valence electrons. The molecule has 2 aliphatic rings. The molecular weight excluding hydrogens is 304 g/mol. The Kier molecular flexibility index (Phi) is 4.00. The van der Waals surface area contributed by atoms with E-state index in [4.69, 9.17) is 0 Å². The summed E-state index contributed by atoms with van der Waals surface area (Å²) in [5, 5.41) is 3.12. The minimum absolute atomic E-state index is 0.0585. The first-order chi connectivity index (χ1) is 11.7. The predicted octanol–water partition coefficient (Wildman–Crippen LogP) is 1.38. The van der Waals surface area contributed by atoms with Gasteiger partial charge in [-0.25, -0.2) is 14.8 Å². The molecule has 0 saturated carbocycles. The number of imidazole rings is 2. The molecule has 1 saturated heterocycles. The van der Waals surface area contributed by atoms with E-state index >= 15 is 0 Å². The molecule has 2 aliphatic heterocycles. The third-order valence-electron chi connectivity index (χ3n) is 5.27. The molecule has 4 rings (SSSR count). The van der Waals surface area contributed by atoms with Crippen molar-refractivity contribution < 1.29 is 4.79 Å². The minimum Gasteiger partial charge on any atom is -0.338 e. The van der Waals surface area contributed by atoms with Crippen molar-refractivity contribution in [1.82, 2.24) is 29.3 Å². The topological polar surface area (TPSA) is 68.0 Å². The minimum atomic E-state index is 0.0585. The fraction of sp³-hybridized carbons (Fsp3) is 0.588. The predicted molar refractivity (Wildman–Crippen MR) is 89.6 cm³/mol. The van der Waals surface area contributed by atoms with E-state index in [1.54, 1.807) is 0 Å². The number of hydrogen-bond acceptors (Lipinski definition) is 3. The van der Waals surface area contributed by atoms with Crippen molar-refractivity contribution in [2.24, 2.45) is 13.0 Å². The second-order valence-corrected chi connectivity index (χ2v) is 6.91. The first-order valence-electron chi connectivity index (χ1n) is 8.70. The maximum atomic E-state index is 12.5. The van der Waals surface area contributed by atoms with Gasteiger partial charge in [0, 0.05) is 70.4 Å². The van der Waals surface area contributed by atoms with Crippen molar-refractivity contribution in [3.63, 3.8) is 0 Å². The zero-order valence-electron chi connectivity index (χ0n) is 14.1. The standard InChI is InChI=1S/C17H24N6O/c1-21-8-5-19-16(21)14-4-7-23(12-14)17(24)20-10-13-2-3-15-18-6-9-22(15)11-13/h5-6,8-9,13-14H,2-4,7,10-12H2,1H3,(H,20,24). The molecule has 2 unspecified atom stereocenters. The number of nitrogens with one attached hydrogen (secondary N) is 1.